The lowest BCUT2D eigenvalue weighted by atomic mass is 10.1. The van der Waals surface area contributed by atoms with Gasteiger partial charge in [-0.1, -0.05) is 22.9 Å². The highest BCUT2D eigenvalue weighted by Gasteiger charge is 2.11. The fourth-order valence-electron chi connectivity index (χ4n) is 2.77. The molecule has 0 aliphatic rings. The first-order chi connectivity index (χ1) is 13.6. The second-order valence-corrected chi connectivity index (χ2v) is 6.49. The van der Waals surface area contributed by atoms with E-state index in [9.17, 15) is 9.18 Å². The summed E-state index contributed by atoms with van der Waals surface area (Å²) in [4.78, 5) is 12.4. The molecule has 0 atom stereocenters. The zero-order chi connectivity index (χ0) is 19.5. The molecular weight excluding hydrogens is 379 g/mol. The van der Waals surface area contributed by atoms with Crippen molar-refractivity contribution in [1.82, 2.24) is 15.0 Å². The second kappa shape index (κ2) is 7.62. The van der Waals surface area contributed by atoms with Gasteiger partial charge in [-0.3, -0.25) is 4.79 Å². The lowest BCUT2D eigenvalue weighted by Gasteiger charge is -2.08. The van der Waals surface area contributed by atoms with E-state index in [1.807, 2.05) is 0 Å². The fourth-order valence-corrected chi connectivity index (χ4v) is 2.96. The largest absolute Gasteiger partial charge is 0.322 e. The van der Waals surface area contributed by atoms with E-state index in [-0.39, 0.29) is 11.7 Å². The van der Waals surface area contributed by atoms with Crippen LogP contribution in [-0.4, -0.2) is 20.9 Å². The van der Waals surface area contributed by atoms with E-state index in [0.717, 1.165) is 16.9 Å². The van der Waals surface area contributed by atoms with Gasteiger partial charge in [-0.25, -0.2) is 9.07 Å². The van der Waals surface area contributed by atoms with Gasteiger partial charge in [0, 0.05) is 21.8 Å². The average molecular weight is 393 g/mol. The van der Waals surface area contributed by atoms with Gasteiger partial charge in [0.1, 0.15) is 5.82 Å². The third kappa shape index (κ3) is 3.77. The summed E-state index contributed by atoms with van der Waals surface area (Å²) in [6, 6.07) is 20.0. The van der Waals surface area contributed by atoms with Crippen molar-refractivity contribution in [3.63, 3.8) is 0 Å². The SMILES string of the molecule is O=C(Nc1cccc(Cl)c1)c1ccc(-n2nncc2-c2ccc(F)cc2)cc1. The summed E-state index contributed by atoms with van der Waals surface area (Å²) in [6.07, 6.45) is 1.60. The number of benzene rings is 3. The Kier molecular flexibility index (Phi) is 4.87. The molecule has 0 fully saturated rings. The molecule has 0 radical (unpaired) electrons. The highest BCUT2D eigenvalue weighted by atomic mass is 35.5. The predicted octanol–water partition coefficient (Wildman–Crippen LogP) is 4.98. The van der Waals surface area contributed by atoms with Crippen molar-refractivity contribution in [3.05, 3.63) is 95.4 Å². The van der Waals surface area contributed by atoms with Crippen LogP contribution >= 0.6 is 11.6 Å². The van der Waals surface area contributed by atoms with Crippen molar-refractivity contribution in [2.24, 2.45) is 0 Å². The van der Waals surface area contributed by atoms with Crippen LogP contribution < -0.4 is 5.32 Å². The molecule has 0 saturated carbocycles. The smallest absolute Gasteiger partial charge is 0.255 e. The number of anilines is 1. The van der Waals surface area contributed by atoms with Gasteiger partial charge in [0.05, 0.1) is 17.6 Å². The Morgan fingerprint density at radius 2 is 1.75 bits per heavy atom. The minimum Gasteiger partial charge on any atom is -0.322 e. The summed E-state index contributed by atoms with van der Waals surface area (Å²) in [5.74, 6) is -0.552. The van der Waals surface area contributed by atoms with Gasteiger partial charge in [0.2, 0.25) is 0 Å². The first kappa shape index (κ1) is 17.9. The number of amides is 1. The molecule has 4 aromatic rings. The molecule has 1 N–H and O–H groups in total. The number of halogens is 2. The molecule has 0 saturated heterocycles. The topological polar surface area (TPSA) is 59.8 Å². The number of rotatable bonds is 4. The first-order valence-corrected chi connectivity index (χ1v) is 8.82. The number of nitrogens with one attached hydrogen (secondary N) is 1. The lowest BCUT2D eigenvalue weighted by molar-refractivity contribution is 0.102. The summed E-state index contributed by atoms with van der Waals surface area (Å²) in [5.41, 5.74) is 3.35. The Hall–Kier alpha value is -3.51. The molecule has 28 heavy (non-hydrogen) atoms. The first-order valence-electron chi connectivity index (χ1n) is 8.44. The number of hydrogen-bond acceptors (Lipinski definition) is 3. The van der Waals surface area contributed by atoms with E-state index < -0.39 is 0 Å². The van der Waals surface area contributed by atoms with Crippen LogP contribution in [0.5, 0.6) is 0 Å². The van der Waals surface area contributed by atoms with Crippen molar-refractivity contribution in [3.8, 4) is 16.9 Å². The van der Waals surface area contributed by atoms with Crippen LogP contribution in [0.25, 0.3) is 16.9 Å². The van der Waals surface area contributed by atoms with Gasteiger partial charge >= 0.3 is 0 Å². The molecule has 0 aliphatic carbocycles. The summed E-state index contributed by atoms with van der Waals surface area (Å²) < 4.78 is 14.8. The normalized spacial score (nSPS) is 10.6. The average Bonchev–Trinajstić information content (AvgIpc) is 3.18. The molecule has 7 heteroatoms. The maximum Gasteiger partial charge on any atom is 0.255 e. The van der Waals surface area contributed by atoms with E-state index in [2.05, 4.69) is 15.6 Å². The zero-order valence-corrected chi connectivity index (χ0v) is 15.3. The molecule has 0 aliphatic heterocycles. The van der Waals surface area contributed by atoms with Crippen molar-refractivity contribution in [2.45, 2.75) is 0 Å². The van der Waals surface area contributed by atoms with Crippen molar-refractivity contribution < 1.29 is 9.18 Å². The van der Waals surface area contributed by atoms with Gasteiger partial charge < -0.3 is 5.32 Å². The Labute approximate surface area is 165 Å². The molecule has 5 nitrogen and oxygen atoms in total. The van der Waals surface area contributed by atoms with Crippen LogP contribution in [0.15, 0.2) is 79.0 Å². The van der Waals surface area contributed by atoms with Crippen LogP contribution in [0.4, 0.5) is 10.1 Å². The Morgan fingerprint density at radius 3 is 2.46 bits per heavy atom. The maximum atomic E-state index is 13.2. The highest BCUT2D eigenvalue weighted by Crippen LogP contribution is 2.22. The summed E-state index contributed by atoms with van der Waals surface area (Å²) in [6.45, 7) is 0. The predicted molar refractivity (Wildman–Crippen MR) is 106 cm³/mol. The molecule has 1 amide bonds. The second-order valence-electron chi connectivity index (χ2n) is 6.05. The number of carbonyl (C=O) groups excluding carboxylic acids is 1. The Morgan fingerprint density at radius 1 is 1.00 bits per heavy atom. The van der Waals surface area contributed by atoms with Crippen molar-refractivity contribution in [2.75, 3.05) is 5.32 Å². The maximum absolute atomic E-state index is 13.2. The van der Waals surface area contributed by atoms with Crippen LogP contribution in [0.2, 0.25) is 5.02 Å². The number of hydrogen-bond donors (Lipinski definition) is 1. The van der Waals surface area contributed by atoms with Gasteiger partial charge in [0.25, 0.3) is 5.91 Å². The summed E-state index contributed by atoms with van der Waals surface area (Å²) in [5, 5.41) is 11.4. The minimum atomic E-state index is -0.308. The zero-order valence-electron chi connectivity index (χ0n) is 14.5. The standard InChI is InChI=1S/C21H14ClFN4O/c22-16-2-1-3-18(12-16)25-21(28)15-6-10-19(11-7-15)27-20(13-24-26-27)14-4-8-17(23)9-5-14/h1-13H,(H,25,28). The molecule has 1 heterocycles. The van der Waals surface area contributed by atoms with E-state index in [1.165, 1.54) is 12.1 Å². The van der Waals surface area contributed by atoms with E-state index in [4.69, 9.17) is 11.6 Å². The monoisotopic (exact) mass is 392 g/mol. The van der Waals surface area contributed by atoms with Gasteiger partial charge in [-0.2, -0.15) is 0 Å². The number of carbonyl (C=O) groups is 1. The van der Waals surface area contributed by atoms with Gasteiger partial charge in [0.15, 0.2) is 0 Å². The summed E-state index contributed by atoms with van der Waals surface area (Å²) in [7, 11) is 0. The fraction of sp³-hybridized carbons (Fsp3) is 0. The molecule has 0 bridgehead atoms. The molecule has 3 aromatic carbocycles. The molecule has 0 spiro atoms. The molecule has 4 rings (SSSR count). The number of aromatic nitrogens is 3. The number of nitrogens with zero attached hydrogens (tertiary/aromatic N) is 3. The van der Waals surface area contributed by atoms with Crippen molar-refractivity contribution in [1.29, 1.82) is 0 Å². The van der Waals surface area contributed by atoms with Crippen LogP contribution in [0.3, 0.4) is 0 Å². The Balaban J connectivity index is 1.56. The van der Waals surface area contributed by atoms with Crippen LogP contribution in [0.1, 0.15) is 10.4 Å². The Bertz CT molecular complexity index is 1120. The molecular formula is C21H14ClFN4O. The van der Waals surface area contributed by atoms with E-state index >= 15 is 0 Å². The highest BCUT2D eigenvalue weighted by molar-refractivity contribution is 6.30. The quantitative estimate of drug-likeness (QED) is 0.533. The third-order valence-electron chi connectivity index (χ3n) is 4.15. The van der Waals surface area contributed by atoms with E-state index in [1.54, 1.807) is 71.5 Å². The van der Waals surface area contributed by atoms with Crippen LogP contribution in [-0.2, 0) is 0 Å². The van der Waals surface area contributed by atoms with E-state index in [0.29, 0.717) is 16.3 Å². The summed E-state index contributed by atoms with van der Waals surface area (Å²) >= 11 is 5.94. The van der Waals surface area contributed by atoms with Crippen LogP contribution in [0, 0.1) is 5.82 Å². The third-order valence-corrected chi connectivity index (χ3v) is 4.38. The van der Waals surface area contributed by atoms with Gasteiger partial charge in [-0.15, -0.1) is 5.10 Å². The lowest BCUT2D eigenvalue weighted by Crippen LogP contribution is -2.12. The molecule has 0 unspecified atom stereocenters. The van der Waals surface area contributed by atoms with Crippen molar-refractivity contribution >= 4 is 23.2 Å². The van der Waals surface area contributed by atoms with Gasteiger partial charge in [-0.05, 0) is 66.7 Å². The molecule has 138 valence electrons. The molecule has 1 aromatic heterocycles. The minimum absolute atomic E-state index is 0.244.